The highest BCUT2D eigenvalue weighted by molar-refractivity contribution is 9.10. The van der Waals surface area contributed by atoms with Crippen LogP contribution in [0.2, 0.25) is 5.02 Å². The van der Waals surface area contributed by atoms with E-state index in [0.717, 1.165) is 15.7 Å². The molecule has 6 rings (SSSR count). The molecule has 0 spiro atoms. The third kappa shape index (κ3) is 6.78. The quantitative estimate of drug-likeness (QED) is 0.151. The minimum absolute atomic E-state index is 0.0169. The summed E-state index contributed by atoms with van der Waals surface area (Å²) in [6.07, 6.45) is 0.479. The van der Waals surface area contributed by atoms with E-state index in [9.17, 15) is 18.0 Å². The molecule has 1 aliphatic heterocycles. The molecule has 3 aromatic carbocycles. The summed E-state index contributed by atoms with van der Waals surface area (Å²) in [6.45, 7) is 4.14. The average molecular weight is 756 g/mol. The van der Waals surface area contributed by atoms with Crippen molar-refractivity contribution in [1.82, 2.24) is 9.88 Å². The van der Waals surface area contributed by atoms with E-state index >= 15 is 0 Å². The first-order chi connectivity index (χ1) is 22.7. The first kappa shape index (κ1) is 33.1. The van der Waals surface area contributed by atoms with E-state index in [1.807, 2.05) is 70.9 Å². The zero-order chi connectivity index (χ0) is 33.1. The summed E-state index contributed by atoms with van der Waals surface area (Å²) in [5.74, 6) is -0.627. The topological polar surface area (TPSA) is 103 Å². The van der Waals surface area contributed by atoms with Crippen LogP contribution in [0.25, 0.3) is 10.9 Å². The maximum absolute atomic E-state index is 14.6. The molecular weight excluding hydrogens is 724 g/mol. The zero-order valence-corrected chi connectivity index (χ0v) is 29.5. The van der Waals surface area contributed by atoms with Crippen LogP contribution in [0, 0.1) is 0 Å². The van der Waals surface area contributed by atoms with Crippen molar-refractivity contribution in [1.29, 1.82) is 0 Å². The van der Waals surface area contributed by atoms with Crippen LogP contribution in [0.4, 0.5) is 11.4 Å². The number of thiophene rings is 1. The van der Waals surface area contributed by atoms with Gasteiger partial charge in [-0.25, -0.2) is 13.2 Å². The number of esters is 1. The minimum atomic E-state index is -4.12. The third-order valence-corrected chi connectivity index (χ3v) is 12.1. The smallest absolute Gasteiger partial charge is 0.356 e. The predicted octanol–water partition coefficient (Wildman–Crippen LogP) is 7.22. The molecular formula is C34H32BrClN4O5S2. The third-order valence-electron chi connectivity index (χ3n) is 8.09. The van der Waals surface area contributed by atoms with Crippen molar-refractivity contribution in [2.24, 2.45) is 0 Å². The molecule has 1 fully saturated rings. The molecule has 1 N–H and O–H groups in total. The van der Waals surface area contributed by atoms with E-state index < -0.39 is 16.0 Å². The van der Waals surface area contributed by atoms with E-state index in [1.54, 1.807) is 13.0 Å². The van der Waals surface area contributed by atoms with Gasteiger partial charge in [0.1, 0.15) is 10.6 Å². The van der Waals surface area contributed by atoms with Gasteiger partial charge in [0.05, 0.1) is 27.9 Å². The Balaban J connectivity index is 1.34. The summed E-state index contributed by atoms with van der Waals surface area (Å²) in [5, 5.41) is 2.40. The predicted molar refractivity (Wildman–Crippen MR) is 191 cm³/mol. The molecule has 1 aliphatic rings. The molecule has 1 saturated heterocycles. The minimum Gasteiger partial charge on any atom is -0.461 e. The molecule has 3 heterocycles. The molecule has 244 valence electrons. The first-order valence-corrected chi connectivity index (χ1v) is 18.6. The second kappa shape index (κ2) is 14.1. The second-order valence-corrected chi connectivity index (χ2v) is 14.9. The fraction of sp³-hybridized carbons (Fsp3) is 0.235. The van der Waals surface area contributed by atoms with Crippen LogP contribution in [0.5, 0.6) is 0 Å². The number of piperazine rings is 1. The number of aromatic amines is 1. The van der Waals surface area contributed by atoms with Gasteiger partial charge in [0.15, 0.2) is 0 Å². The van der Waals surface area contributed by atoms with Crippen LogP contribution in [0.3, 0.4) is 0 Å². The first-order valence-electron chi connectivity index (χ1n) is 15.1. The van der Waals surface area contributed by atoms with Gasteiger partial charge < -0.3 is 19.5 Å². The number of halogens is 2. The molecule has 13 heteroatoms. The van der Waals surface area contributed by atoms with Crippen LogP contribution in [0.15, 0.2) is 93.6 Å². The lowest BCUT2D eigenvalue weighted by molar-refractivity contribution is 0.0520. The Morgan fingerprint density at radius 1 is 1.00 bits per heavy atom. The van der Waals surface area contributed by atoms with Gasteiger partial charge in [-0.15, -0.1) is 11.3 Å². The van der Waals surface area contributed by atoms with E-state index in [1.165, 1.54) is 27.8 Å². The van der Waals surface area contributed by atoms with Crippen molar-refractivity contribution in [3.05, 3.63) is 110 Å². The number of sulfonamides is 1. The van der Waals surface area contributed by atoms with Crippen molar-refractivity contribution in [2.75, 3.05) is 48.5 Å². The number of nitrogens with one attached hydrogen (secondary N) is 1. The molecule has 0 saturated carbocycles. The number of nitrogens with zero attached hydrogens (tertiary/aromatic N) is 3. The number of aromatic nitrogens is 1. The van der Waals surface area contributed by atoms with Crippen molar-refractivity contribution >= 4 is 83.0 Å². The van der Waals surface area contributed by atoms with E-state index in [4.69, 9.17) is 16.3 Å². The number of hydrogen-bond acceptors (Lipinski definition) is 7. The molecule has 0 unspecified atom stereocenters. The second-order valence-electron chi connectivity index (χ2n) is 10.9. The number of anilines is 2. The van der Waals surface area contributed by atoms with Crippen LogP contribution in [0.1, 0.15) is 32.6 Å². The van der Waals surface area contributed by atoms with Crippen molar-refractivity contribution in [2.45, 2.75) is 18.2 Å². The Kier molecular flexibility index (Phi) is 9.93. The summed E-state index contributed by atoms with van der Waals surface area (Å²) in [6, 6.07) is 23.7. The normalized spacial score (nSPS) is 13.6. The summed E-state index contributed by atoms with van der Waals surface area (Å²) in [4.78, 5) is 33.3. The number of amides is 1. The Labute approximate surface area is 290 Å². The molecule has 0 bridgehead atoms. The highest BCUT2D eigenvalue weighted by Crippen LogP contribution is 2.36. The van der Waals surface area contributed by atoms with Gasteiger partial charge in [-0.2, -0.15) is 0 Å². The maximum atomic E-state index is 14.6. The van der Waals surface area contributed by atoms with Crippen LogP contribution < -0.4 is 9.21 Å². The van der Waals surface area contributed by atoms with Crippen molar-refractivity contribution in [3.8, 4) is 0 Å². The number of benzene rings is 3. The fourth-order valence-electron chi connectivity index (χ4n) is 5.70. The van der Waals surface area contributed by atoms with Gasteiger partial charge >= 0.3 is 5.97 Å². The Hall–Kier alpha value is -3.84. The number of rotatable bonds is 10. The number of hydrogen-bond donors (Lipinski definition) is 1. The average Bonchev–Trinajstić information content (AvgIpc) is 3.67. The number of fused-ring (bicyclic) bond motifs is 1. The largest absolute Gasteiger partial charge is 0.461 e. The number of ether oxygens (including phenoxy) is 1. The SMILES string of the molecule is CCOC(=O)c1[nH]c2ccc(S(=O)(=O)N(CCc3ccccc3)c3ccccc3N3CCN(C(=O)c4sccc4Br)CC3)cc2c1Cl. The van der Waals surface area contributed by atoms with Crippen LogP contribution >= 0.6 is 38.9 Å². The zero-order valence-electron chi connectivity index (χ0n) is 25.5. The number of carbonyl (C=O) groups is 2. The van der Waals surface area contributed by atoms with Crippen molar-refractivity contribution < 1.29 is 22.7 Å². The lowest BCUT2D eigenvalue weighted by atomic mass is 10.1. The Morgan fingerprint density at radius 2 is 1.72 bits per heavy atom. The lowest BCUT2D eigenvalue weighted by Crippen LogP contribution is -2.49. The molecule has 2 aromatic heterocycles. The van der Waals surface area contributed by atoms with Gasteiger partial charge in [0, 0.05) is 48.1 Å². The number of H-pyrrole nitrogens is 1. The van der Waals surface area contributed by atoms with E-state index in [0.29, 0.717) is 54.1 Å². The molecule has 9 nitrogen and oxygen atoms in total. The fourth-order valence-corrected chi connectivity index (χ4v) is 8.99. The molecule has 0 atom stereocenters. The number of carbonyl (C=O) groups excluding carboxylic acids is 2. The van der Waals surface area contributed by atoms with Gasteiger partial charge in [0.2, 0.25) is 0 Å². The van der Waals surface area contributed by atoms with E-state index in [2.05, 4.69) is 25.8 Å². The monoisotopic (exact) mass is 754 g/mol. The van der Waals surface area contributed by atoms with Crippen LogP contribution in [-0.4, -0.2) is 69.5 Å². The summed E-state index contributed by atoms with van der Waals surface area (Å²) >= 11 is 11.4. The lowest BCUT2D eigenvalue weighted by Gasteiger charge is -2.38. The summed E-state index contributed by atoms with van der Waals surface area (Å²) in [5.41, 5.74) is 2.90. The van der Waals surface area contributed by atoms with Gasteiger partial charge in [0.25, 0.3) is 15.9 Å². The summed E-state index contributed by atoms with van der Waals surface area (Å²) < 4.78 is 36.5. The highest BCUT2D eigenvalue weighted by Gasteiger charge is 2.31. The Bertz CT molecular complexity index is 2020. The van der Waals surface area contributed by atoms with Gasteiger partial charge in [-0.3, -0.25) is 9.10 Å². The summed E-state index contributed by atoms with van der Waals surface area (Å²) in [7, 11) is -4.12. The maximum Gasteiger partial charge on any atom is 0.356 e. The molecule has 5 aromatic rings. The molecule has 0 aliphatic carbocycles. The molecule has 1 amide bonds. The molecule has 47 heavy (non-hydrogen) atoms. The highest BCUT2D eigenvalue weighted by atomic mass is 79.9. The van der Waals surface area contributed by atoms with E-state index in [-0.39, 0.29) is 34.7 Å². The van der Waals surface area contributed by atoms with Gasteiger partial charge in [-0.05, 0) is 76.6 Å². The van der Waals surface area contributed by atoms with Crippen molar-refractivity contribution in [3.63, 3.8) is 0 Å². The standard InChI is InChI=1S/C34H32BrClN4O5S2/c1-2-45-34(42)31-30(36)25-22-24(12-13-27(25)37-31)47(43,44)40(16-14-23-8-4-3-5-9-23)29-11-7-6-10-28(29)38-17-19-39(20-18-38)33(41)32-26(35)15-21-46-32/h3-13,15,21-22,37H,2,14,16-20H2,1H3. The number of para-hydroxylation sites is 2. The Morgan fingerprint density at radius 3 is 2.43 bits per heavy atom. The van der Waals surface area contributed by atoms with Crippen LogP contribution in [-0.2, 0) is 21.2 Å². The molecule has 0 radical (unpaired) electrons. The van der Waals surface area contributed by atoms with Gasteiger partial charge in [-0.1, -0.05) is 54.1 Å².